The Balaban J connectivity index is 2.78. The van der Waals surface area contributed by atoms with Gasteiger partial charge in [0.2, 0.25) is 5.91 Å². The largest absolute Gasteiger partial charge is 0.367 e. The lowest BCUT2D eigenvalue weighted by Crippen LogP contribution is -2.38. The molecule has 0 aromatic heterocycles. The molecule has 0 aliphatic carbocycles. The van der Waals surface area contributed by atoms with Crippen molar-refractivity contribution in [3.8, 4) is 0 Å². The van der Waals surface area contributed by atoms with Crippen LogP contribution in [0.25, 0.3) is 0 Å². The molecular weight excluding hydrogens is 266 g/mol. The second-order valence-electron chi connectivity index (χ2n) is 5.42. The molecule has 0 spiro atoms. The second kappa shape index (κ2) is 6.37. The number of ether oxygens (including phenoxy) is 1. The second-order valence-corrected chi connectivity index (χ2v) is 5.86. The van der Waals surface area contributed by atoms with Crippen LogP contribution < -0.4 is 5.73 Å². The molecule has 2 atom stereocenters. The number of rotatable bonds is 5. The highest BCUT2D eigenvalue weighted by molar-refractivity contribution is 6.30. The summed E-state index contributed by atoms with van der Waals surface area (Å²) in [5.74, 6) is -1.74. The third-order valence-electron chi connectivity index (χ3n) is 2.52. The topological polar surface area (TPSA) is 70.3 Å². The molecule has 1 rings (SSSR count). The number of aliphatic hydroxyl groups is 1. The first-order chi connectivity index (χ1) is 8.69. The average molecular weight is 285 g/mol. The van der Waals surface area contributed by atoms with E-state index in [2.05, 4.69) is 0 Å². The van der Waals surface area contributed by atoms with Crippen LogP contribution in [0.4, 0.5) is 0 Å². The van der Waals surface area contributed by atoms with Crippen molar-refractivity contribution in [2.45, 2.75) is 39.1 Å². The van der Waals surface area contributed by atoms with E-state index in [1.165, 1.54) is 0 Å². The highest BCUT2D eigenvalue weighted by Gasteiger charge is 2.29. The number of benzene rings is 1. The molecule has 0 aliphatic rings. The lowest BCUT2D eigenvalue weighted by Gasteiger charge is -2.28. The minimum atomic E-state index is -1.29. The van der Waals surface area contributed by atoms with Gasteiger partial charge in [0.15, 0.2) is 6.29 Å². The summed E-state index contributed by atoms with van der Waals surface area (Å²) in [5, 5.41) is 10.5. The normalized spacial score (nSPS) is 15.0. The molecule has 4 nitrogen and oxygen atoms in total. The monoisotopic (exact) mass is 284 g/mol. The summed E-state index contributed by atoms with van der Waals surface area (Å²) in [5.41, 5.74) is 7.51. The highest BCUT2D eigenvalue weighted by Crippen LogP contribution is 2.20. The summed E-state index contributed by atoms with van der Waals surface area (Å²) in [6.45, 7) is 5.35. The van der Waals surface area contributed by atoms with Gasteiger partial charge in [-0.15, -0.1) is 0 Å². The van der Waals surface area contributed by atoms with Gasteiger partial charge in [-0.1, -0.05) is 23.7 Å². The third-order valence-corrected chi connectivity index (χ3v) is 2.78. The Labute approximate surface area is 118 Å². The third kappa shape index (κ3) is 5.59. The molecular formula is C14H19ClNO3. The molecule has 0 bridgehead atoms. The van der Waals surface area contributed by atoms with Gasteiger partial charge in [0.1, 0.15) is 0 Å². The van der Waals surface area contributed by atoms with E-state index in [-0.39, 0.29) is 6.42 Å². The summed E-state index contributed by atoms with van der Waals surface area (Å²) in [4.78, 5) is 11.3. The summed E-state index contributed by atoms with van der Waals surface area (Å²) >= 11 is 5.78. The minimum Gasteiger partial charge on any atom is -0.367 e. The number of carbonyl (C=O) groups is 1. The molecule has 1 aromatic rings. The van der Waals surface area contributed by atoms with Crippen molar-refractivity contribution >= 4 is 17.5 Å². The van der Waals surface area contributed by atoms with Crippen molar-refractivity contribution < 1.29 is 14.6 Å². The highest BCUT2D eigenvalue weighted by atomic mass is 35.5. The van der Waals surface area contributed by atoms with Crippen molar-refractivity contribution in [2.75, 3.05) is 0 Å². The lowest BCUT2D eigenvalue weighted by atomic mass is 9.97. The molecule has 0 fully saturated rings. The quantitative estimate of drug-likeness (QED) is 0.844. The molecule has 19 heavy (non-hydrogen) atoms. The maximum atomic E-state index is 11.3. The first-order valence-electron chi connectivity index (χ1n) is 6.05. The van der Waals surface area contributed by atoms with Gasteiger partial charge in [-0.25, -0.2) is 0 Å². The van der Waals surface area contributed by atoms with Gasteiger partial charge in [-0.2, -0.15) is 0 Å². The predicted octanol–water partition coefficient (Wildman–Crippen LogP) is 2.44. The summed E-state index contributed by atoms with van der Waals surface area (Å²) in [6, 6.07) is 6.95. The van der Waals surface area contributed by atoms with E-state index in [1.54, 1.807) is 45.0 Å². The number of amides is 1. The molecule has 0 aliphatic heterocycles. The summed E-state index contributed by atoms with van der Waals surface area (Å²) in [6.07, 6.45) is -1.04. The Morgan fingerprint density at radius 3 is 2.32 bits per heavy atom. The average Bonchev–Trinajstić information content (AvgIpc) is 2.25. The van der Waals surface area contributed by atoms with Crippen LogP contribution in [0.5, 0.6) is 0 Å². The standard InChI is InChI=1S/C14H19ClNO3/c1-14(2,3)19-13(18)11(12(16)17)8-9-4-6-10(15)7-5-9/h4-7,11,13,16,18H,8H2,1-3H3. The summed E-state index contributed by atoms with van der Waals surface area (Å²) in [7, 11) is 0. The molecule has 0 saturated heterocycles. The Hall–Kier alpha value is -1.10. The van der Waals surface area contributed by atoms with Crippen molar-refractivity contribution in [2.24, 2.45) is 5.92 Å². The van der Waals surface area contributed by atoms with Crippen molar-refractivity contribution in [3.05, 3.63) is 34.9 Å². The molecule has 0 heterocycles. The first kappa shape index (κ1) is 16.0. The van der Waals surface area contributed by atoms with Crippen LogP contribution in [0.3, 0.4) is 0 Å². The zero-order valence-corrected chi connectivity index (χ0v) is 12.1. The first-order valence-corrected chi connectivity index (χ1v) is 6.42. The van der Waals surface area contributed by atoms with Crippen LogP contribution in [0.2, 0.25) is 5.02 Å². The van der Waals surface area contributed by atoms with Crippen LogP contribution in [-0.2, 0) is 16.0 Å². The molecule has 0 saturated carbocycles. The van der Waals surface area contributed by atoms with Gasteiger partial charge in [0, 0.05) is 5.02 Å². The number of nitrogens with one attached hydrogen (secondary N) is 1. The lowest BCUT2D eigenvalue weighted by molar-refractivity contribution is -0.193. The maximum Gasteiger partial charge on any atom is 0.246 e. The van der Waals surface area contributed by atoms with E-state index in [0.717, 1.165) is 5.56 Å². The molecule has 1 amide bonds. The number of carbonyl (C=O) groups excluding carboxylic acids is 1. The van der Waals surface area contributed by atoms with Gasteiger partial charge in [-0.3, -0.25) is 10.5 Å². The molecule has 5 heteroatoms. The van der Waals surface area contributed by atoms with E-state index in [0.29, 0.717) is 5.02 Å². The van der Waals surface area contributed by atoms with Crippen LogP contribution in [0.1, 0.15) is 26.3 Å². The predicted molar refractivity (Wildman–Crippen MR) is 73.6 cm³/mol. The fourth-order valence-corrected chi connectivity index (χ4v) is 1.77. The van der Waals surface area contributed by atoms with Crippen LogP contribution in [-0.4, -0.2) is 22.9 Å². The van der Waals surface area contributed by atoms with Crippen LogP contribution in [0, 0.1) is 5.92 Å². The Kier molecular flexibility index (Phi) is 5.35. The molecule has 1 aromatic carbocycles. The van der Waals surface area contributed by atoms with Crippen molar-refractivity contribution in [1.29, 1.82) is 0 Å². The number of hydrogen-bond acceptors (Lipinski definition) is 3. The van der Waals surface area contributed by atoms with Gasteiger partial charge in [0.05, 0.1) is 11.5 Å². The van der Waals surface area contributed by atoms with Crippen molar-refractivity contribution in [3.63, 3.8) is 0 Å². The van der Waals surface area contributed by atoms with E-state index >= 15 is 0 Å². The zero-order chi connectivity index (χ0) is 14.6. The molecule has 2 N–H and O–H groups in total. The van der Waals surface area contributed by atoms with Gasteiger partial charge in [0.25, 0.3) is 0 Å². The maximum absolute atomic E-state index is 11.3. The van der Waals surface area contributed by atoms with E-state index < -0.39 is 23.7 Å². The Bertz CT molecular complexity index is 425. The van der Waals surface area contributed by atoms with Crippen LogP contribution in [0.15, 0.2) is 24.3 Å². The van der Waals surface area contributed by atoms with Gasteiger partial charge >= 0.3 is 0 Å². The van der Waals surface area contributed by atoms with Gasteiger partial charge in [-0.05, 0) is 44.9 Å². The van der Waals surface area contributed by atoms with Crippen molar-refractivity contribution in [1.82, 2.24) is 5.73 Å². The number of halogens is 1. The van der Waals surface area contributed by atoms with E-state index in [4.69, 9.17) is 22.1 Å². The fourth-order valence-electron chi connectivity index (χ4n) is 1.64. The smallest absolute Gasteiger partial charge is 0.246 e. The van der Waals surface area contributed by atoms with Gasteiger partial charge < -0.3 is 9.84 Å². The summed E-state index contributed by atoms with van der Waals surface area (Å²) < 4.78 is 5.35. The van der Waals surface area contributed by atoms with E-state index in [9.17, 15) is 9.90 Å². The molecule has 105 valence electrons. The van der Waals surface area contributed by atoms with Crippen LogP contribution >= 0.6 is 11.6 Å². The Morgan fingerprint density at radius 2 is 1.89 bits per heavy atom. The SMILES string of the molecule is CC(C)(C)OC(O)C(Cc1ccc(Cl)cc1)C([NH])=O. The molecule has 1 radical (unpaired) electrons. The fraction of sp³-hybridized carbons (Fsp3) is 0.500. The number of hydrogen-bond donors (Lipinski definition) is 1. The minimum absolute atomic E-state index is 0.247. The number of aliphatic hydroxyl groups excluding tert-OH is 1. The van der Waals surface area contributed by atoms with E-state index in [1.807, 2.05) is 0 Å². The Morgan fingerprint density at radius 1 is 1.37 bits per heavy atom. The zero-order valence-electron chi connectivity index (χ0n) is 11.3. The molecule has 2 unspecified atom stereocenters.